The Morgan fingerprint density at radius 2 is 1.95 bits per heavy atom. The van der Waals surface area contributed by atoms with Crippen molar-refractivity contribution in [3.8, 4) is 0 Å². The number of hydrogen-bond acceptors (Lipinski definition) is 3. The Balaban J connectivity index is 1.70. The molecule has 0 aliphatic carbocycles. The molecular formula is C17H26FNO2. The number of hydrogen-bond donors (Lipinski definition) is 1. The van der Waals surface area contributed by atoms with E-state index >= 15 is 0 Å². The van der Waals surface area contributed by atoms with E-state index in [1.54, 1.807) is 18.2 Å². The molecule has 3 atom stereocenters. The van der Waals surface area contributed by atoms with Crippen LogP contribution >= 0.6 is 0 Å². The Kier molecular flexibility index (Phi) is 6.15. The SMILES string of the molecule is C[C@@H]1C[C@@H](C)CN(C[C@H](O)COCc2ccccc2F)C1. The van der Waals surface area contributed by atoms with Gasteiger partial charge in [-0.2, -0.15) is 0 Å². The van der Waals surface area contributed by atoms with E-state index in [1.165, 1.54) is 12.5 Å². The molecule has 1 heterocycles. The number of halogens is 1. The highest BCUT2D eigenvalue weighted by atomic mass is 19.1. The summed E-state index contributed by atoms with van der Waals surface area (Å²) in [5, 5.41) is 10.1. The van der Waals surface area contributed by atoms with Gasteiger partial charge in [-0.1, -0.05) is 32.0 Å². The van der Waals surface area contributed by atoms with Crippen LogP contribution in [-0.2, 0) is 11.3 Å². The molecule has 0 unspecified atom stereocenters. The van der Waals surface area contributed by atoms with Gasteiger partial charge in [0.25, 0.3) is 0 Å². The van der Waals surface area contributed by atoms with Crippen LogP contribution in [0.5, 0.6) is 0 Å². The number of ether oxygens (including phenoxy) is 1. The van der Waals surface area contributed by atoms with Gasteiger partial charge < -0.3 is 14.7 Å². The van der Waals surface area contributed by atoms with Crippen molar-refractivity contribution in [2.24, 2.45) is 11.8 Å². The molecule has 0 radical (unpaired) electrons. The van der Waals surface area contributed by atoms with Gasteiger partial charge in [0, 0.05) is 25.2 Å². The highest BCUT2D eigenvalue weighted by molar-refractivity contribution is 5.16. The van der Waals surface area contributed by atoms with E-state index in [2.05, 4.69) is 18.7 Å². The minimum absolute atomic E-state index is 0.205. The lowest BCUT2D eigenvalue weighted by Gasteiger charge is -2.35. The first-order valence-electron chi connectivity index (χ1n) is 7.76. The quantitative estimate of drug-likeness (QED) is 0.876. The summed E-state index contributed by atoms with van der Waals surface area (Å²) >= 11 is 0. The maximum absolute atomic E-state index is 13.4. The standard InChI is InChI=1S/C17H26FNO2/c1-13-7-14(2)9-19(8-13)10-16(20)12-21-11-15-5-3-4-6-17(15)18/h3-6,13-14,16,20H,7-12H2,1-2H3/t13-,14-,16+/m1/s1. The highest BCUT2D eigenvalue weighted by Gasteiger charge is 2.23. The van der Waals surface area contributed by atoms with Crippen LogP contribution in [0, 0.1) is 17.7 Å². The average Bonchev–Trinajstić information content (AvgIpc) is 2.39. The second kappa shape index (κ2) is 7.87. The first-order valence-corrected chi connectivity index (χ1v) is 7.76. The fraction of sp³-hybridized carbons (Fsp3) is 0.647. The molecule has 1 aromatic carbocycles. The topological polar surface area (TPSA) is 32.7 Å². The van der Waals surface area contributed by atoms with Gasteiger partial charge in [0.1, 0.15) is 5.82 Å². The van der Waals surface area contributed by atoms with Gasteiger partial charge in [-0.3, -0.25) is 0 Å². The van der Waals surface area contributed by atoms with E-state index in [-0.39, 0.29) is 19.0 Å². The fourth-order valence-electron chi connectivity index (χ4n) is 3.21. The van der Waals surface area contributed by atoms with Crippen molar-refractivity contribution in [2.75, 3.05) is 26.2 Å². The van der Waals surface area contributed by atoms with Crippen molar-refractivity contribution in [1.82, 2.24) is 4.90 Å². The molecule has 0 spiro atoms. The van der Waals surface area contributed by atoms with Gasteiger partial charge in [-0.15, -0.1) is 0 Å². The van der Waals surface area contributed by atoms with Crippen molar-refractivity contribution in [2.45, 2.75) is 33.0 Å². The predicted octanol–water partition coefficient (Wildman–Crippen LogP) is 2.68. The Morgan fingerprint density at radius 3 is 2.62 bits per heavy atom. The van der Waals surface area contributed by atoms with Crippen LogP contribution in [0.4, 0.5) is 4.39 Å². The maximum Gasteiger partial charge on any atom is 0.128 e. The molecule has 1 fully saturated rings. The lowest BCUT2D eigenvalue weighted by Crippen LogP contribution is -2.43. The minimum atomic E-state index is -0.519. The lowest BCUT2D eigenvalue weighted by molar-refractivity contribution is -0.00151. The van der Waals surface area contributed by atoms with Crippen molar-refractivity contribution >= 4 is 0 Å². The Bertz CT molecular complexity index is 431. The average molecular weight is 295 g/mol. The smallest absolute Gasteiger partial charge is 0.128 e. The third-order valence-electron chi connectivity index (χ3n) is 3.94. The largest absolute Gasteiger partial charge is 0.389 e. The van der Waals surface area contributed by atoms with Crippen molar-refractivity contribution in [3.05, 3.63) is 35.6 Å². The van der Waals surface area contributed by atoms with Crippen molar-refractivity contribution < 1.29 is 14.2 Å². The van der Waals surface area contributed by atoms with Gasteiger partial charge in [0.2, 0.25) is 0 Å². The van der Waals surface area contributed by atoms with E-state index in [0.717, 1.165) is 13.1 Å². The normalized spacial score (nSPS) is 25.0. The van der Waals surface area contributed by atoms with Crippen LogP contribution in [0.25, 0.3) is 0 Å². The number of piperidine rings is 1. The number of nitrogens with zero attached hydrogens (tertiary/aromatic N) is 1. The van der Waals surface area contributed by atoms with E-state index in [1.807, 2.05) is 0 Å². The Labute approximate surface area is 126 Å². The molecule has 0 aromatic heterocycles. The molecule has 0 amide bonds. The van der Waals surface area contributed by atoms with Gasteiger partial charge in [0.15, 0.2) is 0 Å². The van der Waals surface area contributed by atoms with Gasteiger partial charge in [0.05, 0.1) is 19.3 Å². The second-order valence-electron chi connectivity index (χ2n) is 6.42. The van der Waals surface area contributed by atoms with E-state index < -0.39 is 6.10 Å². The minimum Gasteiger partial charge on any atom is -0.389 e. The first kappa shape index (κ1) is 16.4. The molecule has 1 aliphatic heterocycles. The molecule has 3 nitrogen and oxygen atoms in total. The summed E-state index contributed by atoms with van der Waals surface area (Å²) in [7, 11) is 0. The molecule has 1 aliphatic rings. The molecule has 0 saturated carbocycles. The van der Waals surface area contributed by atoms with Crippen LogP contribution in [-0.4, -0.2) is 42.4 Å². The number of rotatable bonds is 6. The molecule has 4 heteroatoms. The van der Waals surface area contributed by atoms with E-state index in [9.17, 15) is 9.50 Å². The lowest BCUT2D eigenvalue weighted by atomic mass is 9.92. The summed E-state index contributed by atoms with van der Waals surface area (Å²) < 4.78 is 18.9. The zero-order valence-corrected chi connectivity index (χ0v) is 13.0. The molecule has 1 N–H and O–H groups in total. The van der Waals surface area contributed by atoms with Gasteiger partial charge in [-0.25, -0.2) is 4.39 Å². The third kappa shape index (κ3) is 5.38. The second-order valence-corrected chi connectivity index (χ2v) is 6.42. The monoisotopic (exact) mass is 295 g/mol. The highest BCUT2D eigenvalue weighted by Crippen LogP contribution is 2.20. The van der Waals surface area contributed by atoms with Gasteiger partial charge >= 0.3 is 0 Å². The molecular weight excluding hydrogens is 269 g/mol. The zero-order chi connectivity index (χ0) is 15.2. The maximum atomic E-state index is 13.4. The van der Waals surface area contributed by atoms with Crippen LogP contribution in [0.15, 0.2) is 24.3 Å². The molecule has 2 rings (SSSR count). The number of β-amino-alcohol motifs (C(OH)–C–C–N with tert-alkyl or cyclic N) is 1. The third-order valence-corrected chi connectivity index (χ3v) is 3.94. The van der Waals surface area contributed by atoms with E-state index in [4.69, 9.17) is 4.74 Å². The first-order chi connectivity index (χ1) is 10.0. The molecule has 21 heavy (non-hydrogen) atoms. The van der Waals surface area contributed by atoms with Gasteiger partial charge in [-0.05, 0) is 24.3 Å². The summed E-state index contributed by atoms with van der Waals surface area (Å²) in [5.74, 6) is 1.10. The van der Waals surface area contributed by atoms with Crippen LogP contribution in [0.2, 0.25) is 0 Å². The summed E-state index contributed by atoms with van der Waals surface area (Å²) in [4.78, 5) is 2.30. The number of aliphatic hydroxyl groups is 1. The molecule has 0 bridgehead atoms. The summed E-state index contributed by atoms with van der Waals surface area (Å²) in [6, 6.07) is 6.57. The van der Waals surface area contributed by atoms with Crippen molar-refractivity contribution in [3.63, 3.8) is 0 Å². The summed E-state index contributed by atoms with van der Waals surface area (Å²) in [5.41, 5.74) is 0.532. The van der Waals surface area contributed by atoms with Crippen LogP contribution in [0.3, 0.4) is 0 Å². The number of likely N-dealkylation sites (tertiary alicyclic amines) is 1. The Morgan fingerprint density at radius 1 is 1.29 bits per heavy atom. The molecule has 1 saturated heterocycles. The molecule has 1 aromatic rings. The summed E-state index contributed by atoms with van der Waals surface area (Å²) in [6.45, 7) is 7.66. The number of aliphatic hydroxyl groups excluding tert-OH is 1. The fourth-order valence-corrected chi connectivity index (χ4v) is 3.21. The summed E-state index contributed by atoms with van der Waals surface area (Å²) in [6.07, 6.45) is 0.741. The van der Waals surface area contributed by atoms with Crippen molar-refractivity contribution in [1.29, 1.82) is 0 Å². The van der Waals surface area contributed by atoms with E-state index in [0.29, 0.717) is 23.9 Å². The zero-order valence-electron chi connectivity index (χ0n) is 13.0. The van der Waals surface area contributed by atoms with Crippen LogP contribution in [0.1, 0.15) is 25.8 Å². The molecule has 118 valence electrons. The predicted molar refractivity (Wildman–Crippen MR) is 81.4 cm³/mol. The Hall–Kier alpha value is -0.970. The van der Waals surface area contributed by atoms with Crippen LogP contribution < -0.4 is 0 Å². The number of benzene rings is 1.